The van der Waals surface area contributed by atoms with Gasteiger partial charge in [0.1, 0.15) is 11.6 Å². The summed E-state index contributed by atoms with van der Waals surface area (Å²) in [5.74, 6) is 0.379. The third-order valence-electron chi connectivity index (χ3n) is 3.19. The Hall–Kier alpha value is -1.10. The summed E-state index contributed by atoms with van der Waals surface area (Å²) in [6.45, 7) is 2.55. The van der Waals surface area contributed by atoms with Gasteiger partial charge in [0.25, 0.3) is 0 Å². The van der Waals surface area contributed by atoms with Crippen molar-refractivity contribution in [3.8, 4) is 5.75 Å². The average molecular weight is 373 g/mol. The van der Waals surface area contributed by atoms with Gasteiger partial charge >= 0.3 is 0 Å². The van der Waals surface area contributed by atoms with E-state index in [1.165, 1.54) is 0 Å². The first-order valence-electron chi connectivity index (χ1n) is 6.61. The van der Waals surface area contributed by atoms with Crippen molar-refractivity contribution in [1.29, 1.82) is 0 Å². The number of rotatable bonds is 5. The van der Waals surface area contributed by atoms with Gasteiger partial charge in [-0.25, -0.2) is 4.39 Å². The summed E-state index contributed by atoms with van der Waals surface area (Å²) in [5.41, 5.74) is 1.45. The van der Waals surface area contributed by atoms with Crippen LogP contribution in [-0.4, -0.2) is 13.7 Å². The van der Waals surface area contributed by atoms with Crippen molar-refractivity contribution in [1.82, 2.24) is 5.32 Å². The molecule has 0 aliphatic heterocycles. The molecule has 0 saturated carbocycles. The molecule has 1 N–H and O–H groups in total. The summed E-state index contributed by atoms with van der Waals surface area (Å²) in [7, 11) is 1.79. The average Bonchev–Trinajstić information content (AvgIpc) is 2.50. The van der Waals surface area contributed by atoms with Crippen LogP contribution in [0, 0.1) is 5.82 Å². The van der Waals surface area contributed by atoms with E-state index in [9.17, 15) is 4.39 Å². The Balaban J connectivity index is 2.37. The molecule has 2 nitrogen and oxygen atoms in total. The molecule has 0 saturated heterocycles. The quantitative estimate of drug-likeness (QED) is 0.750. The van der Waals surface area contributed by atoms with Gasteiger partial charge < -0.3 is 10.1 Å². The van der Waals surface area contributed by atoms with E-state index < -0.39 is 5.82 Å². The van der Waals surface area contributed by atoms with Crippen molar-refractivity contribution in [3.63, 3.8) is 0 Å². The van der Waals surface area contributed by atoms with Crippen LogP contribution in [0.1, 0.15) is 24.1 Å². The molecule has 112 valence electrons. The highest BCUT2D eigenvalue weighted by Gasteiger charge is 2.19. The van der Waals surface area contributed by atoms with Gasteiger partial charge in [0.05, 0.1) is 17.7 Å². The van der Waals surface area contributed by atoms with Crippen LogP contribution in [-0.2, 0) is 0 Å². The predicted molar refractivity (Wildman–Crippen MR) is 87.6 cm³/mol. The van der Waals surface area contributed by atoms with Crippen molar-refractivity contribution >= 4 is 27.5 Å². The highest BCUT2D eigenvalue weighted by Crippen LogP contribution is 2.33. The zero-order valence-electron chi connectivity index (χ0n) is 11.8. The van der Waals surface area contributed by atoms with Crippen molar-refractivity contribution in [3.05, 3.63) is 62.8 Å². The van der Waals surface area contributed by atoms with Crippen LogP contribution in [0.5, 0.6) is 5.75 Å². The lowest BCUT2D eigenvalue weighted by Crippen LogP contribution is -2.19. The molecule has 2 rings (SSSR count). The second kappa shape index (κ2) is 7.25. The fraction of sp³-hybridized carbons (Fsp3) is 0.250. The van der Waals surface area contributed by atoms with E-state index in [4.69, 9.17) is 16.3 Å². The predicted octanol–water partition coefficient (Wildman–Crippen LogP) is 4.95. The molecule has 0 fully saturated rings. The minimum atomic E-state index is -0.417. The van der Waals surface area contributed by atoms with Gasteiger partial charge in [-0.1, -0.05) is 29.8 Å². The number of nitrogens with one attached hydrogen (secondary N) is 1. The van der Waals surface area contributed by atoms with Gasteiger partial charge in [-0.3, -0.25) is 0 Å². The summed E-state index contributed by atoms with van der Waals surface area (Å²) in [6.07, 6.45) is 0. The third kappa shape index (κ3) is 3.57. The Kier molecular flexibility index (Phi) is 5.62. The number of ether oxygens (including phenoxy) is 1. The van der Waals surface area contributed by atoms with E-state index in [1.807, 2.05) is 31.2 Å². The minimum Gasteiger partial charge on any atom is -0.494 e. The fourth-order valence-corrected chi connectivity index (χ4v) is 2.67. The van der Waals surface area contributed by atoms with E-state index in [-0.39, 0.29) is 11.1 Å². The third-order valence-corrected chi connectivity index (χ3v) is 4.45. The Morgan fingerprint density at radius 2 is 1.90 bits per heavy atom. The maximum atomic E-state index is 14.4. The van der Waals surface area contributed by atoms with Gasteiger partial charge in [0.15, 0.2) is 0 Å². The zero-order chi connectivity index (χ0) is 15.4. The molecule has 2 aromatic carbocycles. The summed E-state index contributed by atoms with van der Waals surface area (Å²) >= 11 is 9.19. The minimum absolute atomic E-state index is 0.0960. The normalized spacial score (nSPS) is 12.2. The maximum absolute atomic E-state index is 14.4. The first-order valence-corrected chi connectivity index (χ1v) is 7.79. The fourth-order valence-electron chi connectivity index (χ4n) is 2.19. The van der Waals surface area contributed by atoms with Crippen molar-refractivity contribution in [2.24, 2.45) is 0 Å². The van der Waals surface area contributed by atoms with Gasteiger partial charge in [-0.15, -0.1) is 0 Å². The van der Waals surface area contributed by atoms with E-state index in [0.717, 1.165) is 11.3 Å². The second-order valence-electron chi connectivity index (χ2n) is 4.49. The van der Waals surface area contributed by atoms with E-state index in [2.05, 4.69) is 21.2 Å². The van der Waals surface area contributed by atoms with Crippen molar-refractivity contribution in [2.45, 2.75) is 13.0 Å². The summed E-state index contributed by atoms with van der Waals surface area (Å²) < 4.78 is 20.3. The maximum Gasteiger partial charge on any atom is 0.148 e. The molecule has 0 aliphatic rings. The first-order chi connectivity index (χ1) is 10.1. The SMILES string of the molecule is CCOc1ccc(C(NC)c2ccc(Br)c(Cl)c2F)cc1. The summed E-state index contributed by atoms with van der Waals surface area (Å²) in [6, 6.07) is 10.8. The molecule has 0 aliphatic carbocycles. The summed E-state index contributed by atoms with van der Waals surface area (Å²) in [5, 5.41) is 3.21. The zero-order valence-corrected chi connectivity index (χ0v) is 14.1. The topological polar surface area (TPSA) is 21.3 Å². The van der Waals surface area contributed by atoms with Crippen LogP contribution < -0.4 is 10.1 Å². The molecule has 21 heavy (non-hydrogen) atoms. The molecule has 1 atom stereocenters. The lowest BCUT2D eigenvalue weighted by Gasteiger charge is -2.19. The van der Waals surface area contributed by atoms with Crippen molar-refractivity contribution in [2.75, 3.05) is 13.7 Å². The molecular formula is C16H16BrClFNO. The Bertz CT molecular complexity index is 618. The van der Waals surface area contributed by atoms with Crippen LogP contribution >= 0.6 is 27.5 Å². The number of benzene rings is 2. The van der Waals surface area contributed by atoms with Gasteiger partial charge in [-0.2, -0.15) is 0 Å². The van der Waals surface area contributed by atoms with Crippen LogP contribution in [0.4, 0.5) is 4.39 Å². The molecule has 0 amide bonds. The first kappa shape index (κ1) is 16.3. The van der Waals surface area contributed by atoms with Crippen LogP contribution in [0.15, 0.2) is 40.9 Å². The van der Waals surface area contributed by atoms with Gasteiger partial charge in [-0.05, 0) is 53.7 Å². The molecule has 0 radical (unpaired) electrons. The molecule has 0 spiro atoms. The van der Waals surface area contributed by atoms with Crippen LogP contribution in [0.25, 0.3) is 0 Å². The number of halogens is 3. The molecular weight excluding hydrogens is 357 g/mol. The van der Waals surface area contributed by atoms with Crippen molar-refractivity contribution < 1.29 is 9.13 Å². The summed E-state index contributed by atoms with van der Waals surface area (Å²) in [4.78, 5) is 0. The monoisotopic (exact) mass is 371 g/mol. The number of hydrogen-bond acceptors (Lipinski definition) is 2. The Labute approximate surface area is 137 Å². The highest BCUT2D eigenvalue weighted by atomic mass is 79.9. The van der Waals surface area contributed by atoms with E-state index in [1.54, 1.807) is 19.2 Å². The van der Waals surface area contributed by atoms with Gasteiger partial charge in [0.2, 0.25) is 0 Å². The van der Waals surface area contributed by atoms with E-state index in [0.29, 0.717) is 16.6 Å². The molecule has 5 heteroatoms. The van der Waals surface area contributed by atoms with Gasteiger partial charge in [0, 0.05) is 10.0 Å². The lowest BCUT2D eigenvalue weighted by atomic mass is 9.98. The second-order valence-corrected chi connectivity index (χ2v) is 5.72. The molecule has 2 aromatic rings. The lowest BCUT2D eigenvalue weighted by molar-refractivity contribution is 0.340. The Morgan fingerprint density at radius 3 is 2.48 bits per heavy atom. The molecule has 0 heterocycles. The van der Waals surface area contributed by atoms with Crippen LogP contribution in [0.3, 0.4) is 0 Å². The standard InChI is InChI=1S/C16H16BrClFNO/c1-3-21-11-6-4-10(5-7-11)16(20-2)12-8-9-13(17)14(18)15(12)19/h4-9,16,20H,3H2,1-2H3. The van der Waals surface area contributed by atoms with E-state index >= 15 is 0 Å². The number of hydrogen-bond donors (Lipinski definition) is 1. The molecule has 1 unspecified atom stereocenters. The smallest absolute Gasteiger partial charge is 0.148 e. The Morgan fingerprint density at radius 1 is 1.24 bits per heavy atom. The highest BCUT2D eigenvalue weighted by molar-refractivity contribution is 9.10. The molecule has 0 bridgehead atoms. The molecule has 0 aromatic heterocycles. The largest absolute Gasteiger partial charge is 0.494 e. The van der Waals surface area contributed by atoms with Crippen LogP contribution in [0.2, 0.25) is 5.02 Å².